The molecule has 0 aromatic carbocycles. The van der Waals surface area contributed by atoms with E-state index < -0.39 is 0 Å². The van der Waals surface area contributed by atoms with E-state index in [-0.39, 0.29) is 30.4 Å². The number of rotatable bonds is 3. The summed E-state index contributed by atoms with van der Waals surface area (Å²) in [5.74, 6) is -0.609. The van der Waals surface area contributed by atoms with Crippen molar-refractivity contribution < 1.29 is 19.1 Å². The number of ether oxygens (including phenoxy) is 2. The lowest BCUT2D eigenvalue weighted by Gasteiger charge is -2.20. The largest absolute Gasteiger partial charge is 0.465 e. The van der Waals surface area contributed by atoms with Gasteiger partial charge in [0.2, 0.25) is 0 Å². The van der Waals surface area contributed by atoms with Crippen molar-refractivity contribution in [3.8, 4) is 6.07 Å². The number of allylic oxidation sites excluding steroid dienone is 1. The van der Waals surface area contributed by atoms with Crippen molar-refractivity contribution in [2.45, 2.75) is 38.2 Å². The fourth-order valence-electron chi connectivity index (χ4n) is 2.23. The molecule has 0 aromatic heterocycles. The van der Waals surface area contributed by atoms with Crippen molar-refractivity contribution in [2.24, 2.45) is 5.92 Å². The maximum Gasteiger partial charge on any atom is 0.306 e. The molecule has 5 nitrogen and oxygen atoms in total. The zero-order chi connectivity index (χ0) is 13.0. The van der Waals surface area contributed by atoms with E-state index in [4.69, 9.17) is 14.7 Å². The molecule has 0 spiro atoms. The van der Waals surface area contributed by atoms with Crippen molar-refractivity contribution in [3.05, 3.63) is 11.6 Å². The Morgan fingerprint density at radius 3 is 3.06 bits per heavy atom. The third kappa shape index (κ3) is 3.33. The summed E-state index contributed by atoms with van der Waals surface area (Å²) in [7, 11) is 0. The first-order valence-corrected chi connectivity index (χ1v) is 6.11. The Balaban J connectivity index is 1.76. The second-order valence-electron chi connectivity index (χ2n) is 4.69. The standard InChI is InChI=1S/C13H15NO4/c14-7-9-2-1-3-11(4-9)18-13(16)6-10-5-12(15)17-8-10/h2,10-11H,1,3-6,8H2. The first-order chi connectivity index (χ1) is 8.67. The van der Waals surface area contributed by atoms with E-state index in [0.717, 1.165) is 12.8 Å². The number of esters is 2. The smallest absolute Gasteiger partial charge is 0.306 e. The summed E-state index contributed by atoms with van der Waals surface area (Å²) >= 11 is 0. The Morgan fingerprint density at radius 2 is 2.39 bits per heavy atom. The summed E-state index contributed by atoms with van der Waals surface area (Å²) in [6.45, 7) is 0.307. The van der Waals surface area contributed by atoms with E-state index in [0.29, 0.717) is 25.0 Å². The average molecular weight is 249 g/mol. The minimum atomic E-state index is -0.303. The van der Waals surface area contributed by atoms with Crippen molar-refractivity contribution >= 4 is 11.9 Å². The van der Waals surface area contributed by atoms with Crippen LogP contribution in [0.15, 0.2) is 11.6 Å². The lowest BCUT2D eigenvalue weighted by atomic mass is 9.97. The number of hydrogen-bond donors (Lipinski definition) is 0. The molecule has 1 aliphatic heterocycles. The molecule has 2 atom stereocenters. The molecular formula is C13H15NO4. The van der Waals surface area contributed by atoms with E-state index in [1.54, 1.807) is 0 Å². The Hall–Kier alpha value is -1.83. The van der Waals surface area contributed by atoms with Crippen molar-refractivity contribution in [1.29, 1.82) is 5.26 Å². The van der Waals surface area contributed by atoms with Crippen molar-refractivity contribution in [3.63, 3.8) is 0 Å². The van der Waals surface area contributed by atoms with Gasteiger partial charge in [0.15, 0.2) is 0 Å². The molecule has 0 radical (unpaired) electrons. The highest BCUT2D eigenvalue weighted by Gasteiger charge is 2.28. The van der Waals surface area contributed by atoms with Crippen molar-refractivity contribution in [2.75, 3.05) is 6.61 Å². The minimum absolute atomic E-state index is 0.0560. The van der Waals surface area contributed by atoms with Crippen LogP contribution in [0, 0.1) is 17.2 Å². The van der Waals surface area contributed by atoms with Crippen LogP contribution >= 0.6 is 0 Å². The molecule has 2 rings (SSSR count). The Bertz CT molecular complexity index is 421. The highest BCUT2D eigenvalue weighted by molar-refractivity contribution is 5.75. The van der Waals surface area contributed by atoms with Gasteiger partial charge in [-0.2, -0.15) is 5.26 Å². The van der Waals surface area contributed by atoms with Crippen molar-refractivity contribution in [1.82, 2.24) is 0 Å². The topological polar surface area (TPSA) is 76.4 Å². The Labute approximate surface area is 105 Å². The molecule has 5 heteroatoms. The molecule has 0 saturated carbocycles. The number of hydrogen-bond acceptors (Lipinski definition) is 5. The molecule has 1 aliphatic carbocycles. The molecule has 18 heavy (non-hydrogen) atoms. The predicted molar refractivity (Wildman–Crippen MR) is 61.1 cm³/mol. The van der Waals surface area contributed by atoms with Crippen LogP contribution in [-0.2, 0) is 19.1 Å². The summed E-state index contributed by atoms with van der Waals surface area (Å²) in [5, 5.41) is 8.79. The van der Waals surface area contributed by atoms with Gasteiger partial charge < -0.3 is 9.47 Å². The second kappa shape index (κ2) is 5.67. The zero-order valence-corrected chi connectivity index (χ0v) is 10.1. The number of cyclic esters (lactones) is 1. The van der Waals surface area contributed by atoms with Gasteiger partial charge >= 0.3 is 11.9 Å². The molecule has 0 N–H and O–H groups in total. The van der Waals surface area contributed by atoms with Crippen LogP contribution in [0.2, 0.25) is 0 Å². The first kappa shape index (κ1) is 12.6. The summed E-state index contributed by atoms with van der Waals surface area (Å²) in [4.78, 5) is 22.6. The van der Waals surface area contributed by atoms with Crippen LogP contribution in [0.5, 0.6) is 0 Å². The third-order valence-electron chi connectivity index (χ3n) is 3.16. The van der Waals surface area contributed by atoms with E-state index in [1.165, 1.54) is 0 Å². The second-order valence-corrected chi connectivity index (χ2v) is 4.69. The summed E-state index contributed by atoms with van der Waals surface area (Å²) in [6, 6.07) is 2.09. The Kier molecular flexibility index (Phi) is 3.98. The van der Waals surface area contributed by atoms with Crippen LogP contribution in [-0.4, -0.2) is 24.6 Å². The van der Waals surface area contributed by atoms with Gasteiger partial charge in [0.05, 0.1) is 25.5 Å². The monoisotopic (exact) mass is 249 g/mol. The molecule has 1 saturated heterocycles. The van der Waals surface area contributed by atoms with Crippen LogP contribution in [0.1, 0.15) is 32.1 Å². The summed E-state index contributed by atoms with van der Waals surface area (Å²) in [5.41, 5.74) is 0.679. The normalized spacial score (nSPS) is 27.1. The van der Waals surface area contributed by atoms with Crippen LogP contribution in [0.4, 0.5) is 0 Å². The highest BCUT2D eigenvalue weighted by atomic mass is 16.5. The molecule has 1 heterocycles. The third-order valence-corrected chi connectivity index (χ3v) is 3.16. The summed E-state index contributed by atoms with van der Waals surface area (Å²) in [6.07, 6.45) is 4.23. The molecule has 2 aliphatic rings. The number of carbonyl (C=O) groups is 2. The number of nitriles is 1. The molecule has 0 aromatic rings. The van der Waals surface area contributed by atoms with E-state index in [1.807, 2.05) is 6.08 Å². The number of carbonyl (C=O) groups excluding carboxylic acids is 2. The number of nitrogens with zero attached hydrogens (tertiary/aromatic N) is 1. The maximum absolute atomic E-state index is 11.7. The van der Waals surface area contributed by atoms with Gasteiger partial charge in [-0.3, -0.25) is 9.59 Å². The van der Waals surface area contributed by atoms with Gasteiger partial charge in [-0.05, 0) is 12.8 Å². The highest BCUT2D eigenvalue weighted by Crippen LogP contribution is 2.23. The van der Waals surface area contributed by atoms with Gasteiger partial charge in [-0.1, -0.05) is 6.08 Å². The van der Waals surface area contributed by atoms with Gasteiger partial charge in [0.25, 0.3) is 0 Å². The summed E-state index contributed by atoms with van der Waals surface area (Å²) < 4.78 is 10.1. The lowest BCUT2D eigenvalue weighted by Crippen LogP contribution is -2.22. The van der Waals surface area contributed by atoms with Gasteiger partial charge in [0, 0.05) is 17.9 Å². The van der Waals surface area contributed by atoms with Crippen LogP contribution in [0.3, 0.4) is 0 Å². The molecule has 0 bridgehead atoms. The fourth-order valence-corrected chi connectivity index (χ4v) is 2.23. The molecule has 0 amide bonds. The minimum Gasteiger partial charge on any atom is -0.465 e. The van der Waals surface area contributed by atoms with E-state index >= 15 is 0 Å². The predicted octanol–water partition coefficient (Wildman–Crippen LogP) is 1.49. The molecular weight excluding hydrogens is 234 g/mol. The van der Waals surface area contributed by atoms with Crippen LogP contribution in [0.25, 0.3) is 0 Å². The molecule has 2 unspecified atom stereocenters. The first-order valence-electron chi connectivity index (χ1n) is 6.11. The van der Waals surface area contributed by atoms with Crippen LogP contribution < -0.4 is 0 Å². The van der Waals surface area contributed by atoms with Gasteiger partial charge in [-0.25, -0.2) is 0 Å². The molecule has 96 valence electrons. The lowest BCUT2D eigenvalue weighted by molar-refractivity contribution is -0.150. The van der Waals surface area contributed by atoms with E-state index in [2.05, 4.69) is 6.07 Å². The SMILES string of the molecule is N#CC1=CCCC(OC(=O)CC2COC(=O)C2)C1. The van der Waals surface area contributed by atoms with E-state index in [9.17, 15) is 9.59 Å². The average Bonchev–Trinajstić information content (AvgIpc) is 2.74. The molecule has 1 fully saturated rings. The van der Waals surface area contributed by atoms with Gasteiger partial charge in [0.1, 0.15) is 6.10 Å². The zero-order valence-electron chi connectivity index (χ0n) is 10.1. The maximum atomic E-state index is 11.7. The fraction of sp³-hybridized carbons (Fsp3) is 0.615. The quantitative estimate of drug-likeness (QED) is 0.708. The Morgan fingerprint density at radius 1 is 1.56 bits per heavy atom. The van der Waals surface area contributed by atoms with Gasteiger partial charge in [-0.15, -0.1) is 0 Å².